The van der Waals surface area contributed by atoms with E-state index in [4.69, 9.17) is 16.0 Å². The van der Waals surface area contributed by atoms with Gasteiger partial charge in [0.2, 0.25) is 0 Å². The minimum Gasteiger partial charge on any atom is -0.436 e. The van der Waals surface area contributed by atoms with Gasteiger partial charge in [-0.1, -0.05) is 24.6 Å². The number of benzene rings is 1. The van der Waals surface area contributed by atoms with Crippen LogP contribution in [0.2, 0.25) is 5.02 Å². The van der Waals surface area contributed by atoms with E-state index in [9.17, 15) is 0 Å². The molecular weight excluding hydrogens is 280 g/mol. The molecule has 0 atom stereocenters. The zero-order valence-electron chi connectivity index (χ0n) is 11.3. The predicted octanol–water partition coefficient (Wildman–Crippen LogP) is 4.21. The highest BCUT2D eigenvalue weighted by Crippen LogP contribution is 2.31. The number of hydrogen-bond acceptors (Lipinski definition) is 4. The summed E-state index contributed by atoms with van der Waals surface area (Å²) in [6.45, 7) is 7.65. The van der Waals surface area contributed by atoms with Crippen molar-refractivity contribution < 1.29 is 4.42 Å². The zero-order chi connectivity index (χ0) is 13.8. The van der Waals surface area contributed by atoms with Gasteiger partial charge < -0.3 is 9.73 Å². The number of nitrogens with zero attached hydrogens (tertiary/aromatic N) is 1. The Labute approximate surface area is 122 Å². The van der Waals surface area contributed by atoms with Crippen molar-refractivity contribution in [1.82, 2.24) is 10.3 Å². The second-order valence-electron chi connectivity index (χ2n) is 4.26. The third-order valence-electron chi connectivity index (χ3n) is 2.80. The second kappa shape index (κ2) is 6.46. The maximum Gasteiger partial charge on any atom is 0.260 e. The van der Waals surface area contributed by atoms with Crippen LogP contribution in [-0.4, -0.2) is 11.5 Å². The summed E-state index contributed by atoms with van der Waals surface area (Å²) < 4.78 is 5.55. The van der Waals surface area contributed by atoms with E-state index in [0.29, 0.717) is 5.22 Å². The highest BCUT2D eigenvalue weighted by Gasteiger charge is 2.09. The Morgan fingerprint density at radius 2 is 2.16 bits per heavy atom. The van der Waals surface area contributed by atoms with Gasteiger partial charge >= 0.3 is 0 Å². The van der Waals surface area contributed by atoms with Crippen molar-refractivity contribution in [3.8, 4) is 0 Å². The normalized spacial score (nSPS) is 10.9. The van der Waals surface area contributed by atoms with E-state index in [0.717, 1.165) is 40.0 Å². The molecule has 0 aliphatic carbocycles. The Bertz CT molecular complexity index is 549. The lowest BCUT2D eigenvalue weighted by molar-refractivity contribution is 0.431. The van der Waals surface area contributed by atoms with Crippen molar-refractivity contribution in [2.24, 2.45) is 0 Å². The summed E-state index contributed by atoms with van der Waals surface area (Å²) in [5.74, 6) is 0.859. The van der Waals surface area contributed by atoms with Crippen LogP contribution < -0.4 is 5.32 Å². The van der Waals surface area contributed by atoms with Gasteiger partial charge in [0.25, 0.3) is 5.22 Å². The first-order valence-electron chi connectivity index (χ1n) is 6.21. The molecule has 1 aromatic carbocycles. The topological polar surface area (TPSA) is 38.1 Å². The minimum atomic E-state index is 0.658. The summed E-state index contributed by atoms with van der Waals surface area (Å²) in [5.41, 5.74) is 2.03. The molecule has 0 fully saturated rings. The fourth-order valence-corrected chi connectivity index (χ4v) is 2.76. The molecule has 0 spiro atoms. The number of halogens is 1. The van der Waals surface area contributed by atoms with Crippen LogP contribution in [0.15, 0.2) is 32.7 Å². The maximum absolute atomic E-state index is 6.26. The Morgan fingerprint density at radius 1 is 1.37 bits per heavy atom. The van der Waals surface area contributed by atoms with Crippen LogP contribution in [0.1, 0.15) is 23.9 Å². The van der Waals surface area contributed by atoms with Crippen LogP contribution in [0.25, 0.3) is 0 Å². The molecule has 2 rings (SSSR count). The highest BCUT2D eigenvalue weighted by atomic mass is 35.5. The molecule has 0 unspecified atom stereocenters. The zero-order valence-corrected chi connectivity index (χ0v) is 12.9. The molecule has 0 saturated carbocycles. The monoisotopic (exact) mass is 296 g/mol. The smallest absolute Gasteiger partial charge is 0.260 e. The molecular formula is C14H17ClN2OS. The highest BCUT2D eigenvalue weighted by molar-refractivity contribution is 7.99. The third kappa shape index (κ3) is 3.75. The van der Waals surface area contributed by atoms with Crippen molar-refractivity contribution in [3.63, 3.8) is 0 Å². The van der Waals surface area contributed by atoms with Crippen molar-refractivity contribution in [3.05, 3.63) is 40.2 Å². The Balaban J connectivity index is 2.11. The SMILES string of the molecule is CCNCc1ccc(Sc2nc(C)c(C)o2)cc1Cl. The van der Waals surface area contributed by atoms with Gasteiger partial charge in [-0.05, 0) is 49.9 Å². The molecule has 0 aliphatic rings. The van der Waals surface area contributed by atoms with Crippen molar-refractivity contribution in [2.45, 2.75) is 37.4 Å². The lowest BCUT2D eigenvalue weighted by Crippen LogP contribution is -2.11. The first-order valence-corrected chi connectivity index (χ1v) is 7.40. The lowest BCUT2D eigenvalue weighted by atomic mass is 10.2. The van der Waals surface area contributed by atoms with Gasteiger partial charge in [0.05, 0.1) is 5.69 Å². The molecule has 5 heteroatoms. The van der Waals surface area contributed by atoms with Gasteiger partial charge in [0.15, 0.2) is 0 Å². The molecule has 0 bridgehead atoms. The average Bonchev–Trinajstić information content (AvgIpc) is 2.67. The molecule has 3 nitrogen and oxygen atoms in total. The summed E-state index contributed by atoms with van der Waals surface area (Å²) in [4.78, 5) is 5.38. The lowest BCUT2D eigenvalue weighted by Gasteiger charge is -2.06. The second-order valence-corrected chi connectivity index (χ2v) is 5.69. The van der Waals surface area contributed by atoms with Gasteiger partial charge in [-0.25, -0.2) is 4.98 Å². The van der Waals surface area contributed by atoms with Gasteiger partial charge in [0, 0.05) is 16.5 Å². The molecule has 0 saturated heterocycles. The number of oxazole rings is 1. The van der Waals surface area contributed by atoms with Crippen molar-refractivity contribution in [1.29, 1.82) is 0 Å². The molecule has 19 heavy (non-hydrogen) atoms. The molecule has 2 aromatic rings. The number of nitrogens with one attached hydrogen (secondary N) is 1. The van der Waals surface area contributed by atoms with Crippen LogP contribution in [0, 0.1) is 13.8 Å². The summed E-state index contributed by atoms with van der Waals surface area (Å²) >= 11 is 7.75. The number of aryl methyl sites for hydroxylation is 2. The Hall–Kier alpha value is -0.970. The number of aromatic nitrogens is 1. The quantitative estimate of drug-likeness (QED) is 0.897. The molecule has 1 aromatic heterocycles. The van der Waals surface area contributed by atoms with Gasteiger partial charge in [-0.2, -0.15) is 0 Å². The standard InChI is InChI=1S/C14H17ClN2OS/c1-4-16-8-11-5-6-12(7-13(11)15)19-14-17-9(2)10(3)18-14/h5-7,16H,4,8H2,1-3H3. The van der Waals surface area contributed by atoms with E-state index in [2.05, 4.69) is 17.2 Å². The third-order valence-corrected chi connectivity index (χ3v) is 3.99. The van der Waals surface area contributed by atoms with Gasteiger partial charge in [0.1, 0.15) is 5.76 Å². The summed E-state index contributed by atoms with van der Waals surface area (Å²) in [7, 11) is 0. The molecule has 0 amide bonds. The van der Waals surface area contributed by atoms with Crippen LogP contribution >= 0.6 is 23.4 Å². The number of rotatable bonds is 5. The first-order chi connectivity index (χ1) is 9.10. The first kappa shape index (κ1) is 14.4. The van der Waals surface area contributed by atoms with E-state index >= 15 is 0 Å². The van der Waals surface area contributed by atoms with Crippen LogP contribution in [0.3, 0.4) is 0 Å². The molecule has 102 valence electrons. The van der Waals surface area contributed by atoms with E-state index in [1.807, 2.05) is 32.0 Å². The van der Waals surface area contributed by atoms with E-state index in [-0.39, 0.29) is 0 Å². The van der Waals surface area contributed by atoms with E-state index in [1.54, 1.807) is 0 Å². The van der Waals surface area contributed by atoms with Crippen LogP contribution in [0.5, 0.6) is 0 Å². The van der Waals surface area contributed by atoms with E-state index in [1.165, 1.54) is 11.8 Å². The van der Waals surface area contributed by atoms with Gasteiger partial charge in [-0.3, -0.25) is 0 Å². The minimum absolute atomic E-state index is 0.658. The largest absolute Gasteiger partial charge is 0.436 e. The molecule has 1 heterocycles. The summed E-state index contributed by atoms with van der Waals surface area (Å²) in [6, 6.07) is 6.03. The average molecular weight is 297 g/mol. The van der Waals surface area contributed by atoms with Gasteiger partial charge in [-0.15, -0.1) is 0 Å². The van der Waals surface area contributed by atoms with Crippen LogP contribution in [-0.2, 0) is 6.54 Å². The molecule has 0 aliphatic heterocycles. The number of hydrogen-bond donors (Lipinski definition) is 1. The maximum atomic E-state index is 6.26. The fraction of sp³-hybridized carbons (Fsp3) is 0.357. The Kier molecular flexibility index (Phi) is 4.91. The Morgan fingerprint density at radius 3 is 2.74 bits per heavy atom. The molecule has 1 N–H and O–H groups in total. The summed E-state index contributed by atoms with van der Waals surface area (Å²) in [6.07, 6.45) is 0. The summed E-state index contributed by atoms with van der Waals surface area (Å²) in [5, 5.41) is 4.69. The fourth-order valence-electron chi connectivity index (χ4n) is 1.58. The van der Waals surface area contributed by atoms with Crippen molar-refractivity contribution in [2.75, 3.05) is 6.54 Å². The van der Waals surface area contributed by atoms with Crippen LogP contribution in [0.4, 0.5) is 0 Å². The molecule has 0 radical (unpaired) electrons. The predicted molar refractivity (Wildman–Crippen MR) is 78.9 cm³/mol. The van der Waals surface area contributed by atoms with E-state index < -0.39 is 0 Å². The van der Waals surface area contributed by atoms with Crippen molar-refractivity contribution >= 4 is 23.4 Å².